The normalized spacial score (nSPS) is 55.4. The Bertz CT molecular complexity index is 1230. The van der Waals surface area contributed by atoms with E-state index in [1.54, 1.807) is 0 Å². The molecule has 12 unspecified atom stereocenters. The van der Waals surface area contributed by atoms with Crippen molar-refractivity contribution in [2.75, 3.05) is 39.6 Å². The molecule has 0 spiro atoms. The standard InChI is InChI=1S/C36H60O30/c37-1-7-25-13(43)19(49)31(55-7)62-26-8(2-38)57-33(21(51)15(26)45)64-28-10(4-40)59-35(23(53)17(28)47)66-30-12(6-42)60-36(24(54)18(30)48)65-29-11(5-41)58-34(22(52)16(29)46)63-27-9(3-39)56-32(61-25)20(50)14(27)44/h7-54H,1-6H2/t7?,8?,9?,10?,11?,12?,13?,14?,15?,16?,17?,18?,19-,20-,21-,22-,23-,24-,25-,26-,27-,28-,29-,30-,31-,32-,33-,34-,35-,36-/m1/s1. The van der Waals surface area contributed by atoms with E-state index in [1.807, 2.05) is 0 Å². The first-order chi connectivity index (χ1) is 31.4. The summed E-state index contributed by atoms with van der Waals surface area (Å²) < 4.78 is 67.9. The first-order valence-electron chi connectivity index (χ1n) is 21.1. The molecule has 0 aromatic carbocycles. The van der Waals surface area contributed by atoms with Gasteiger partial charge in [-0.25, -0.2) is 0 Å². The van der Waals surface area contributed by atoms with Crippen LogP contribution in [0.25, 0.3) is 0 Å². The molecule has 0 amide bonds. The topological polar surface area (TPSA) is 475 Å². The molecule has 22 saturated heterocycles. The summed E-state index contributed by atoms with van der Waals surface area (Å²) in [6.07, 6.45) is -58.5. The van der Waals surface area contributed by atoms with Crippen LogP contribution < -0.4 is 0 Å². The lowest BCUT2D eigenvalue weighted by Gasteiger charge is -2.50. The maximum atomic E-state index is 11.2. The molecule has 12 bridgehead atoms. The van der Waals surface area contributed by atoms with Crippen LogP contribution >= 0.6 is 0 Å². The Balaban J connectivity index is 1.19. The Labute approximate surface area is 372 Å². The van der Waals surface area contributed by atoms with Crippen LogP contribution in [-0.4, -0.2) is 316 Å². The molecule has 22 heterocycles. The molecular weight excluding hydrogens is 912 g/mol. The van der Waals surface area contributed by atoms with Crippen molar-refractivity contribution in [3.05, 3.63) is 0 Å². The first kappa shape index (κ1) is 52.6. The van der Waals surface area contributed by atoms with E-state index in [9.17, 15) is 91.9 Å². The summed E-state index contributed by atoms with van der Waals surface area (Å²) >= 11 is 0. The molecule has 0 aliphatic carbocycles. The van der Waals surface area contributed by atoms with Gasteiger partial charge < -0.3 is 149 Å². The highest BCUT2D eigenvalue weighted by molar-refractivity contribution is 5.01. The Kier molecular flexibility index (Phi) is 17.6. The number of rotatable bonds is 6. The Morgan fingerprint density at radius 3 is 0.409 bits per heavy atom. The van der Waals surface area contributed by atoms with Crippen molar-refractivity contribution in [3.8, 4) is 0 Å². The van der Waals surface area contributed by atoms with Gasteiger partial charge in [0.05, 0.1) is 39.6 Å². The number of hydrogen-bond donors (Lipinski definition) is 18. The SMILES string of the molecule is OCC1O[C@@H]2O[C@@H]3C(CO)O[C@H](O[C@@H]4C(CO)O[C@H](O[C@@H]5C(CO)O[C@H](O[C@@H]6C(CO)O[C@H](O[C@@H]7C(CO)O[C@H](O[C@H]1C(O)[C@H]2O)[C@H](O)C7O)[C@H](O)C6O)[C@H](O)C5O)[C@H](O)C4O)[C@H](O)C3O. The van der Waals surface area contributed by atoms with E-state index in [2.05, 4.69) is 0 Å². The van der Waals surface area contributed by atoms with Crippen molar-refractivity contribution in [2.24, 2.45) is 0 Å². The highest BCUT2D eigenvalue weighted by atomic mass is 16.8. The number of aliphatic hydroxyl groups excluding tert-OH is 18. The molecule has 22 aliphatic heterocycles. The van der Waals surface area contributed by atoms with Gasteiger partial charge in [-0.1, -0.05) is 0 Å². The first-order valence-corrected chi connectivity index (χ1v) is 21.1. The predicted molar refractivity (Wildman–Crippen MR) is 196 cm³/mol. The zero-order valence-corrected chi connectivity index (χ0v) is 34.5. The number of ether oxygens (including phenoxy) is 12. The van der Waals surface area contributed by atoms with Crippen molar-refractivity contribution in [3.63, 3.8) is 0 Å². The van der Waals surface area contributed by atoms with E-state index in [1.165, 1.54) is 0 Å². The van der Waals surface area contributed by atoms with Gasteiger partial charge in [0.25, 0.3) is 0 Å². The summed E-state index contributed by atoms with van der Waals surface area (Å²) in [5, 5.41) is 196. The quantitative estimate of drug-likeness (QED) is 0.117. The zero-order valence-electron chi connectivity index (χ0n) is 34.5. The molecule has 22 fully saturated rings. The summed E-state index contributed by atoms with van der Waals surface area (Å²) in [5.41, 5.74) is 0. The number of hydrogen-bond acceptors (Lipinski definition) is 30. The molecule has 0 aromatic rings. The van der Waals surface area contributed by atoms with E-state index in [-0.39, 0.29) is 0 Å². The molecule has 0 aromatic heterocycles. The molecule has 66 heavy (non-hydrogen) atoms. The van der Waals surface area contributed by atoms with E-state index in [0.717, 1.165) is 0 Å². The van der Waals surface area contributed by atoms with E-state index in [4.69, 9.17) is 56.8 Å². The third kappa shape index (κ3) is 10.0. The van der Waals surface area contributed by atoms with E-state index >= 15 is 0 Å². The van der Waals surface area contributed by atoms with Gasteiger partial charge in [-0.15, -0.1) is 0 Å². The molecular formula is C36H60O30. The minimum atomic E-state index is -2.15. The van der Waals surface area contributed by atoms with Crippen molar-refractivity contribution in [2.45, 2.75) is 184 Å². The number of aliphatic hydroxyl groups is 18. The van der Waals surface area contributed by atoms with Gasteiger partial charge >= 0.3 is 0 Å². The summed E-state index contributed by atoms with van der Waals surface area (Å²) in [6.45, 7) is -5.99. The average Bonchev–Trinajstić information content (AvgIpc) is 3.31. The van der Waals surface area contributed by atoms with Gasteiger partial charge in [-0.3, -0.25) is 0 Å². The summed E-state index contributed by atoms with van der Waals surface area (Å²) in [7, 11) is 0. The molecule has 30 nitrogen and oxygen atoms in total. The lowest BCUT2D eigenvalue weighted by molar-refractivity contribution is -0.404. The van der Waals surface area contributed by atoms with Crippen LogP contribution in [0.2, 0.25) is 0 Å². The van der Waals surface area contributed by atoms with Gasteiger partial charge in [0.2, 0.25) is 0 Å². The molecule has 384 valence electrons. The highest BCUT2D eigenvalue weighted by Gasteiger charge is 2.58. The fourth-order valence-electron chi connectivity index (χ4n) is 8.93. The minimum absolute atomic E-state index is 0.999. The fourth-order valence-corrected chi connectivity index (χ4v) is 8.93. The van der Waals surface area contributed by atoms with Crippen LogP contribution in [0, 0.1) is 0 Å². The van der Waals surface area contributed by atoms with Crippen molar-refractivity contribution >= 4 is 0 Å². The molecule has 22 rings (SSSR count). The second-order valence-corrected chi connectivity index (χ2v) is 16.8. The summed E-state index contributed by atoms with van der Waals surface area (Å²) in [4.78, 5) is 0. The molecule has 30 heteroatoms. The van der Waals surface area contributed by atoms with E-state index in [0.29, 0.717) is 0 Å². The van der Waals surface area contributed by atoms with Crippen LogP contribution in [0.5, 0.6) is 0 Å². The van der Waals surface area contributed by atoms with Crippen molar-refractivity contribution < 1.29 is 149 Å². The lowest BCUT2D eigenvalue weighted by Crippen LogP contribution is -2.69. The molecule has 0 radical (unpaired) electrons. The largest absolute Gasteiger partial charge is 0.394 e. The van der Waals surface area contributed by atoms with E-state index < -0.39 is 224 Å². The average molecular weight is 973 g/mol. The van der Waals surface area contributed by atoms with Gasteiger partial charge in [0.1, 0.15) is 146 Å². The molecule has 22 aliphatic rings. The van der Waals surface area contributed by atoms with Gasteiger partial charge in [-0.05, 0) is 0 Å². The minimum Gasteiger partial charge on any atom is -0.394 e. The summed E-state index contributed by atoms with van der Waals surface area (Å²) in [6, 6.07) is 0. The van der Waals surface area contributed by atoms with Gasteiger partial charge in [0, 0.05) is 0 Å². The van der Waals surface area contributed by atoms with Crippen LogP contribution in [0.15, 0.2) is 0 Å². The Morgan fingerprint density at radius 2 is 0.303 bits per heavy atom. The van der Waals surface area contributed by atoms with Crippen LogP contribution in [0.4, 0.5) is 0 Å². The van der Waals surface area contributed by atoms with Gasteiger partial charge in [-0.2, -0.15) is 0 Å². The van der Waals surface area contributed by atoms with Crippen LogP contribution in [-0.2, 0) is 56.8 Å². The molecule has 30 atom stereocenters. The van der Waals surface area contributed by atoms with Crippen LogP contribution in [0.3, 0.4) is 0 Å². The maximum absolute atomic E-state index is 11.2. The Hall–Kier alpha value is -1.20. The van der Waals surface area contributed by atoms with Crippen molar-refractivity contribution in [1.82, 2.24) is 0 Å². The second-order valence-electron chi connectivity index (χ2n) is 16.8. The zero-order chi connectivity index (χ0) is 48.0. The predicted octanol–water partition coefficient (Wildman–Crippen LogP) is -13.1. The highest BCUT2D eigenvalue weighted by Crippen LogP contribution is 2.38. The van der Waals surface area contributed by atoms with Crippen LogP contribution in [0.1, 0.15) is 0 Å². The second kappa shape index (κ2) is 22.1. The van der Waals surface area contributed by atoms with Crippen molar-refractivity contribution in [1.29, 1.82) is 0 Å². The molecule has 18 N–H and O–H groups in total. The fraction of sp³-hybridized carbons (Fsp3) is 1.00. The summed E-state index contributed by atoms with van der Waals surface area (Å²) in [5.74, 6) is 0. The monoisotopic (exact) mass is 972 g/mol. The van der Waals surface area contributed by atoms with Gasteiger partial charge in [0.15, 0.2) is 37.7 Å². The maximum Gasteiger partial charge on any atom is 0.187 e. The Morgan fingerprint density at radius 1 is 0.182 bits per heavy atom. The lowest BCUT2D eigenvalue weighted by atomic mass is 9.94. The molecule has 0 saturated carbocycles. The third-order valence-electron chi connectivity index (χ3n) is 12.7. The smallest absolute Gasteiger partial charge is 0.187 e. The third-order valence-corrected chi connectivity index (χ3v) is 12.7.